The van der Waals surface area contributed by atoms with Crippen molar-refractivity contribution in [3.63, 3.8) is 0 Å². The van der Waals surface area contributed by atoms with Crippen molar-refractivity contribution >= 4 is 15.9 Å². The zero-order valence-electron chi connectivity index (χ0n) is 8.46. The second kappa shape index (κ2) is 3.77. The minimum atomic E-state index is -0.228. The normalized spacial score (nSPS) is 10.7. The summed E-state index contributed by atoms with van der Waals surface area (Å²) in [4.78, 5) is 4.30. The molecule has 2 nitrogen and oxygen atoms in total. The van der Waals surface area contributed by atoms with Gasteiger partial charge in [0.1, 0.15) is 16.2 Å². The highest BCUT2D eigenvalue weighted by Crippen LogP contribution is 2.28. The topological polar surface area (TPSA) is 17.8 Å². The minimum Gasteiger partial charge on any atom is -0.330 e. The van der Waals surface area contributed by atoms with E-state index >= 15 is 0 Å². The Morgan fingerprint density at radius 3 is 2.33 bits per heavy atom. The predicted octanol–water partition coefficient (Wildman–Crippen LogP) is 3.30. The highest BCUT2D eigenvalue weighted by Gasteiger charge is 2.11. The summed E-state index contributed by atoms with van der Waals surface area (Å²) in [5.41, 5.74) is 1.92. The molecule has 15 heavy (non-hydrogen) atoms. The van der Waals surface area contributed by atoms with Crippen molar-refractivity contribution in [2.75, 3.05) is 0 Å². The molecular weight excluding hydrogens is 259 g/mol. The number of halogens is 2. The van der Waals surface area contributed by atoms with Crippen LogP contribution in [-0.2, 0) is 7.05 Å². The van der Waals surface area contributed by atoms with Gasteiger partial charge in [-0.1, -0.05) is 0 Å². The molecule has 0 fully saturated rings. The van der Waals surface area contributed by atoms with E-state index in [0.717, 1.165) is 21.7 Å². The molecule has 0 spiro atoms. The van der Waals surface area contributed by atoms with Gasteiger partial charge in [0.05, 0.1) is 5.69 Å². The fourth-order valence-corrected chi connectivity index (χ4v) is 2.24. The fourth-order valence-electron chi connectivity index (χ4n) is 1.49. The number of benzene rings is 1. The van der Waals surface area contributed by atoms with Crippen LogP contribution in [0.4, 0.5) is 4.39 Å². The van der Waals surface area contributed by atoms with Crippen molar-refractivity contribution in [3.8, 4) is 11.3 Å². The van der Waals surface area contributed by atoms with Gasteiger partial charge < -0.3 is 4.57 Å². The molecule has 1 heterocycles. The molecule has 0 atom stereocenters. The number of hydrogen-bond donors (Lipinski definition) is 0. The largest absolute Gasteiger partial charge is 0.330 e. The van der Waals surface area contributed by atoms with Crippen molar-refractivity contribution in [1.82, 2.24) is 9.55 Å². The average molecular weight is 269 g/mol. The van der Waals surface area contributed by atoms with Gasteiger partial charge in [0.25, 0.3) is 0 Å². The van der Waals surface area contributed by atoms with Gasteiger partial charge in [0.15, 0.2) is 0 Å². The van der Waals surface area contributed by atoms with Crippen LogP contribution in [0.5, 0.6) is 0 Å². The Morgan fingerprint density at radius 1 is 1.27 bits per heavy atom. The van der Waals surface area contributed by atoms with Crippen molar-refractivity contribution in [1.29, 1.82) is 0 Å². The van der Waals surface area contributed by atoms with Crippen LogP contribution in [0.2, 0.25) is 0 Å². The molecule has 1 aromatic heterocycles. The van der Waals surface area contributed by atoms with Crippen LogP contribution in [0, 0.1) is 12.7 Å². The van der Waals surface area contributed by atoms with E-state index in [1.165, 1.54) is 12.1 Å². The van der Waals surface area contributed by atoms with Crippen molar-refractivity contribution in [2.45, 2.75) is 6.92 Å². The van der Waals surface area contributed by atoms with Crippen molar-refractivity contribution < 1.29 is 4.39 Å². The first-order valence-corrected chi connectivity index (χ1v) is 5.33. The fraction of sp³-hybridized carbons (Fsp3) is 0.182. The van der Waals surface area contributed by atoms with E-state index in [1.54, 1.807) is 12.1 Å². The van der Waals surface area contributed by atoms with E-state index in [1.807, 2.05) is 18.5 Å². The van der Waals surface area contributed by atoms with Gasteiger partial charge >= 0.3 is 0 Å². The molecular formula is C11H10BrFN2. The zero-order valence-corrected chi connectivity index (χ0v) is 10.0. The summed E-state index contributed by atoms with van der Waals surface area (Å²) in [6.45, 7) is 1.93. The number of hydrogen-bond acceptors (Lipinski definition) is 1. The Kier molecular flexibility index (Phi) is 2.61. The van der Waals surface area contributed by atoms with Gasteiger partial charge in [-0.2, -0.15) is 0 Å². The lowest BCUT2D eigenvalue weighted by atomic mass is 10.2. The molecule has 2 aromatic rings. The number of imidazole rings is 1. The maximum atomic E-state index is 12.8. The molecule has 0 N–H and O–H groups in total. The van der Waals surface area contributed by atoms with E-state index in [2.05, 4.69) is 20.9 Å². The zero-order chi connectivity index (χ0) is 11.0. The van der Waals surface area contributed by atoms with Crippen LogP contribution < -0.4 is 0 Å². The molecule has 0 saturated heterocycles. The van der Waals surface area contributed by atoms with Crippen molar-refractivity contribution in [3.05, 3.63) is 40.5 Å². The lowest BCUT2D eigenvalue weighted by Crippen LogP contribution is -1.94. The molecule has 78 valence electrons. The monoisotopic (exact) mass is 268 g/mol. The van der Waals surface area contributed by atoms with Crippen LogP contribution in [-0.4, -0.2) is 9.55 Å². The van der Waals surface area contributed by atoms with Gasteiger partial charge in [-0.05, 0) is 47.1 Å². The number of rotatable bonds is 1. The molecule has 2 rings (SSSR count). The second-order valence-corrected chi connectivity index (χ2v) is 4.12. The molecule has 1 aromatic carbocycles. The molecule has 0 bridgehead atoms. The number of aryl methyl sites for hydroxylation is 1. The van der Waals surface area contributed by atoms with Gasteiger partial charge in [0.2, 0.25) is 0 Å². The van der Waals surface area contributed by atoms with E-state index in [0.29, 0.717) is 0 Å². The number of aromatic nitrogens is 2. The molecule has 0 saturated carbocycles. The summed E-state index contributed by atoms with van der Waals surface area (Å²) in [7, 11) is 1.94. The first-order valence-electron chi connectivity index (χ1n) is 4.54. The van der Waals surface area contributed by atoms with Crippen LogP contribution in [0.3, 0.4) is 0 Å². The standard InChI is InChI=1S/C11H10BrFN2/c1-7-14-11(12)10(15(7)2)8-3-5-9(13)6-4-8/h3-6H,1-2H3. The van der Waals surface area contributed by atoms with Gasteiger partial charge in [-0.15, -0.1) is 0 Å². The minimum absolute atomic E-state index is 0.228. The summed E-state index contributed by atoms with van der Waals surface area (Å²) in [6.07, 6.45) is 0. The van der Waals surface area contributed by atoms with Gasteiger partial charge in [0, 0.05) is 12.6 Å². The molecule has 0 aliphatic heterocycles. The van der Waals surface area contributed by atoms with Gasteiger partial charge in [-0.3, -0.25) is 0 Å². The highest BCUT2D eigenvalue weighted by atomic mass is 79.9. The highest BCUT2D eigenvalue weighted by molar-refractivity contribution is 9.10. The maximum Gasteiger partial charge on any atom is 0.132 e. The Balaban J connectivity index is 2.58. The third-order valence-corrected chi connectivity index (χ3v) is 2.95. The van der Waals surface area contributed by atoms with Crippen LogP contribution in [0.1, 0.15) is 5.82 Å². The quantitative estimate of drug-likeness (QED) is 0.776. The SMILES string of the molecule is Cc1nc(Br)c(-c2ccc(F)cc2)n1C. The van der Waals surface area contributed by atoms with Crippen LogP contribution >= 0.6 is 15.9 Å². The smallest absolute Gasteiger partial charge is 0.132 e. The molecule has 0 amide bonds. The summed E-state index contributed by atoms with van der Waals surface area (Å²) in [5.74, 6) is 0.690. The van der Waals surface area contributed by atoms with Crippen LogP contribution in [0.15, 0.2) is 28.9 Å². The van der Waals surface area contributed by atoms with Crippen LogP contribution in [0.25, 0.3) is 11.3 Å². The molecule has 0 radical (unpaired) electrons. The summed E-state index contributed by atoms with van der Waals surface area (Å²) < 4.78 is 15.5. The third kappa shape index (κ3) is 1.81. The predicted molar refractivity (Wildman–Crippen MR) is 61.0 cm³/mol. The van der Waals surface area contributed by atoms with Gasteiger partial charge in [-0.25, -0.2) is 9.37 Å². The molecule has 0 aliphatic carbocycles. The first-order chi connectivity index (χ1) is 7.09. The average Bonchev–Trinajstić information content (AvgIpc) is 2.44. The van der Waals surface area contributed by atoms with E-state index in [9.17, 15) is 4.39 Å². The lowest BCUT2D eigenvalue weighted by Gasteiger charge is -2.04. The second-order valence-electron chi connectivity index (χ2n) is 3.36. The molecule has 4 heteroatoms. The summed E-state index contributed by atoms with van der Waals surface area (Å²) >= 11 is 3.40. The Bertz CT molecular complexity index is 488. The Labute approximate surface area is 95.9 Å². The summed E-state index contributed by atoms with van der Waals surface area (Å²) in [5, 5.41) is 0. The Hall–Kier alpha value is -1.16. The molecule has 0 unspecified atom stereocenters. The summed E-state index contributed by atoms with van der Waals surface area (Å²) in [6, 6.07) is 6.39. The van der Waals surface area contributed by atoms with E-state index in [4.69, 9.17) is 0 Å². The van der Waals surface area contributed by atoms with E-state index < -0.39 is 0 Å². The van der Waals surface area contributed by atoms with Crippen molar-refractivity contribution in [2.24, 2.45) is 7.05 Å². The molecule has 0 aliphatic rings. The van der Waals surface area contributed by atoms with E-state index in [-0.39, 0.29) is 5.82 Å². The third-order valence-electron chi connectivity index (χ3n) is 2.39. The number of nitrogens with zero attached hydrogens (tertiary/aromatic N) is 2. The first kappa shape index (κ1) is 10.4. The lowest BCUT2D eigenvalue weighted by molar-refractivity contribution is 0.628. The maximum absolute atomic E-state index is 12.8. The Morgan fingerprint density at radius 2 is 1.87 bits per heavy atom.